The van der Waals surface area contributed by atoms with Crippen LogP contribution in [0.2, 0.25) is 5.02 Å². The maximum Gasteiger partial charge on any atom is 0.266 e. The Morgan fingerprint density at radius 3 is 2.61 bits per heavy atom. The van der Waals surface area contributed by atoms with Gasteiger partial charge in [0.1, 0.15) is 11.6 Å². The lowest BCUT2D eigenvalue weighted by Crippen LogP contribution is -2.28. The maximum atomic E-state index is 13.2. The number of carbonyl (C=O) groups excluding carboxylic acids is 1. The van der Waals surface area contributed by atoms with E-state index in [0.29, 0.717) is 38.2 Å². The molecule has 1 saturated heterocycles. The van der Waals surface area contributed by atoms with E-state index < -0.39 is 0 Å². The number of amides is 1. The molecular weight excluding hydrogens is 523 g/mol. The van der Waals surface area contributed by atoms with Gasteiger partial charge in [-0.05, 0) is 89.2 Å². The summed E-state index contributed by atoms with van der Waals surface area (Å²) in [5, 5.41) is 1.90. The summed E-state index contributed by atoms with van der Waals surface area (Å²) in [6.45, 7) is 2.36. The first-order chi connectivity index (χ1) is 14.9. The number of carbonyl (C=O) groups is 1. The van der Waals surface area contributed by atoms with Gasteiger partial charge in [-0.1, -0.05) is 23.4 Å². The van der Waals surface area contributed by atoms with Crippen LogP contribution in [0.1, 0.15) is 12.7 Å². The second-order valence-corrected chi connectivity index (χ2v) is 9.72. The first-order valence-corrected chi connectivity index (χ1v) is 12.0. The highest BCUT2D eigenvalue weighted by Gasteiger charge is 2.32. The zero-order chi connectivity index (χ0) is 22.0. The number of thioether (sulfide) groups is 1. The third-order valence-electron chi connectivity index (χ3n) is 4.23. The fraction of sp³-hybridized carbons (Fsp3) is 0.0909. The number of benzene rings is 2. The fourth-order valence-corrected chi connectivity index (χ4v) is 5.24. The third-order valence-corrected chi connectivity index (χ3v) is 7.33. The molecule has 2 aromatic carbocycles. The Morgan fingerprint density at radius 1 is 1.23 bits per heavy atom. The molecule has 1 aliphatic heterocycles. The molecule has 3 aromatic rings. The Labute approximate surface area is 200 Å². The second kappa shape index (κ2) is 9.65. The van der Waals surface area contributed by atoms with Crippen LogP contribution in [0.5, 0.6) is 0 Å². The Kier molecular flexibility index (Phi) is 6.91. The van der Waals surface area contributed by atoms with Crippen LogP contribution in [-0.2, 0) is 4.79 Å². The lowest BCUT2D eigenvalue weighted by Gasteiger charge is -2.11. The monoisotopic (exact) mass is 536 g/mol. The minimum Gasteiger partial charge on any atom is -0.449 e. The van der Waals surface area contributed by atoms with Crippen molar-refractivity contribution < 1.29 is 13.6 Å². The summed E-state index contributed by atoms with van der Waals surface area (Å²) in [4.78, 5) is 20.4. The summed E-state index contributed by atoms with van der Waals surface area (Å²) >= 11 is 12.2. The van der Waals surface area contributed by atoms with Gasteiger partial charge >= 0.3 is 0 Å². The van der Waals surface area contributed by atoms with Gasteiger partial charge in [-0.15, -0.1) is 0 Å². The first-order valence-electron chi connectivity index (χ1n) is 9.21. The molecule has 1 fully saturated rings. The molecule has 0 N–H and O–H groups in total. The van der Waals surface area contributed by atoms with Crippen molar-refractivity contribution in [1.82, 2.24) is 4.90 Å². The van der Waals surface area contributed by atoms with E-state index in [2.05, 4.69) is 20.9 Å². The average Bonchev–Trinajstić information content (AvgIpc) is 3.24. The van der Waals surface area contributed by atoms with E-state index in [1.807, 2.05) is 37.3 Å². The van der Waals surface area contributed by atoms with Crippen LogP contribution in [0.15, 0.2) is 83.4 Å². The lowest BCUT2D eigenvalue weighted by molar-refractivity contribution is -0.122. The van der Waals surface area contributed by atoms with E-state index in [-0.39, 0.29) is 11.7 Å². The molecule has 0 saturated carbocycles. The first kappa shape index (κ1) is 22.2. The minimum absolute atomic E-state index is 0.146. The van der Waals surface area contributed by atoms with Crippen LogP contribution < -0.4 is 0 Å². The van der Waals surface area contributed by atoms with E-state index >= 15 is 0 Å². The predicted octanol–water partition coefficient (Wildman–Crippen LogP) is 7.61. The van der Waals surface area contributed by atoms with Gasteiger partial charge in [-0.25, -0.2) is 9.38 Å². The van der Waals surface area contributed by atoms with Crippen molar-refractivity contribution in [1.29, 1.82) is 0 Å². The average molecular weight is 538 g/mol. The Hall–Kier alpha value is -2.00. The number of rotatable bonds is 5. The second-order valence-electron chi connectivity index (χ2n) is 6.37. The van der Waals surface area contributed by atoms with Crippen LogP contribution in [-0.4, -0.2) is 22.5 Å². The molecular formula is C22H15BrClFN2O2S2. The van der Waals surface area contributed by atoms with Gasteiger partial charge in [0.15, 0.2) is 10.3 Å². The molecule has 0 aliphatic carbocycles. The number of hydrogen-bond donors (Lipinski definition) is 0. The number of hydrogen-bond acceptors (Lipinski definition) is 5. The van der Waals surface area contributed by atoms with Gasteiger partial charge in [0.25, 0.3) is 5.91 Å². The predicted molar refractivity (Wildman–Crippen MR) is 128 cm³/mol. The summed E-state index contributed by atoms with van der Waals surface area (Å²) in [5.74, 6) is 0.0776. The number of halogens is 3. The topological polar surface area (TPSA) is 45.8 Å². The standard InChI is InChI=1S/C22H15BrClFN2O2S2/c1-2-27-20(28)19(31-22(27)26-15-7-5-14(25)6-8-15)12-16-11-18(23)21(29-16)30-17-9-3-13(24)4-10-17/h3-12H,2H2,1H3/b19-12+,26-22?. The Balaban J connectivity index is 1.57. The zero-order valence-electron chi connectivity index (χ0n) is 16.1. The molecule has 4 rings (SSSR count). The Morgan fingerprint density at radius 2 is 1.94 bits per heavy atom. The van der Waals surface area contributed by atoms with Crippen LogP contribution in [0.25, 0.3) is 6.08 Å². The molecule has 1 aromatic heterocycles. The Bertz CT molecular complexity index is 1180. The number of amidine groups is 1. The number of likely N-dealkylation sites (N-methyl/N-ethyl adjacent to an activating group) is 1. The fourth-order valence-electron chi connectivity index (χ4n) is 2.74. The smallest absolute Gasteiger partial charge is 0.266 e. The molecule has 1 amide bonds. The van der Waals surface area contributed by atoms with Crippen molar-refractivity contribution in [2.45, 2.75) is 16.9 Å². The summed E-state index contributed by atoms with van der Waals surface area (Å²) in [5.41, 5.74) is 0.582. The summed E-state index contributed by atoms with van der Waals surface area (Å²) in [7, 11) is 0. The van der Waals surface area contributed by atoms with Crippen LogP contribution in [0, 0.1) is 5.82 Å². The SMILES string of the molecule is CCN1C(=O)/C(=C\c2cc(Br)c(Sc3ccc(Cl)cc3)o2)SC1=Nc1ccc(F)cc1. The summed E-state index contributed by atoms with van der Waals surface area (Å²) < 4.78 is 19.9. The molecule has 2 heterocycles. The van der Waals surface area contributed by atoms with Crippen molar-refractivity contribution >= 4 is 73.9 Å². The van der Waals surface area contributed by atoms with Gasteiger partial charge in [0.2, 0.25) is 0 Å². The molecule has 4 nitrogen and oxygen atoms in total. The normalized spacial score (nSPS) is 16.6. The van der Waals surface area contributed by atoms with Crippen molar-refractivity contribution in [2.24, 2.45) is 4.99 Å². The minimum atomic E-state index is -0.331. The van der Waals surface area contributed by atoms with E-state index in [1.165, 1.54) is 35.7 Å². The van der Waals surface area contributed by atoms with Crippen LogP contribution in [0.4, 0.5) is 10.1 Å². The highest BCUT2D eigenvalue weighted by Crippen LogP contribution is 2.39. The van der Waals surface area contributed by atoms with E-state index in [9.17, 15) is 9.18 Å². The number of nitrogens with zero attached hydrogens (tertiary/aromatic N) is 2. The summed E-state index contributed by atoms with van der Waals surface area (Å²) in [6.07, 6.45) is 1.71. The largest absolute Gasteiger partial charge is 0.449 e. The van der Waals surface area contributed by atoms with E-state index in [1.54, 1.807) is 23.1 Å². The van der Waals surface area contributed by atoms with Crippen LogP contribution >= 0.6 is 51.1 Å². The van der Waals surface area contributed by atoms with E-state index in [0.717, 1.165) is 9.37 Å². The van der Waals surface area contributed by atoms with Crippen molar-refractivity contribution in [3.63, 3.8) is 0 Å². The maximum absolute atomic E-state index is 13.2. The lowest BCUT2D eigenvalue weighted by atomic mass is 10.3. The molecule has 0 radical (unpaired) electrons. The highest BCUT2D eigenvalue weighted by molar-refractivity contribution is 9.10. The van der Waals surface area contributed by atoms with E-state index in [4.69, 9.17) is 16.0 Å². The quantitative estimate of drug-likeness (QED) is 0.314. The van der Waals surface area contributed by atoms with Gasteiger partial charge in [-0.3, -0.25) is 9.69 Å². The molecule has 31 heavy (non-hydrogen) atoms. The third kappa shape index (κ3) is 5.26. The van der Waals surface area contributed by atoms with Crippen molar-refractivity contribution in [3.05, 3.63) is 80.6 Å². The molecule has 0 spiro atoms. The molecule has 158 valence electrons. The van der Waals surface area contributed by atoms with Gasteiger partial charge in [-0.2, -0.15) is 0 Å². The molecule has 0 bridgehead atoms. The number of aliphatic imine (C=N–C) groups is 1. The van der Waals surface area contributed by atoms with Crippen molar-refractivity contribution in [3.8, 4) is 0 Å². The number of furan rings is 1. The van der Waals surface area contributed by atoms with Gasteiger partial charge in [0.05, 0.1) is 15.1 Å². The molecule has 0 unspecified atom stereocenters. The van der Waals surface area contributed by atoms with Gasteiger partial charge < -0.3 is 4.42 Å². The summed E-state index contributed by atoms with van der Waals surface area (Å²) in [6, 6.07) is 15.1. The van der Waals surface area contributed by atoms with Crippen LogP contribution in [0.3, 0.4) is 0 Å². The van der Waals surface area contributed by atoms with Crippen molar-refractivity contribution in [2.75, 3.05) is 6.54 Å². The zero-order valence-corrected chi connectivity index (χ0v) is 20.1. The molecule has 1 aliphatic rings. The highest BCUT2D eigenvalue weighted by atomic mass is 79.9. The molecule has 0 atom stereocenters. The molecule has 9 heteroatoms. The van der Waals surface area contributed by atoms with Gasteiger partial charge in [0, 0.05) is 22.5 Å².